The van der Waals surface area contributed by atoms with Gasteiger partial charge in [0, 0.05) is 5.57 Å². The molecule has 1 aliphatic heterocycles. The summed E-state index contributed by atoms with van der Waals surface area (Å²) in [5.74, 6) is -2.98. The van der Waals surface area contributed by atoms with E-state index in [1.165, 1.54) is 32.0 Å². The van der Waals surface area contributed by atoms with Crippen LogP contribution >= 0.6 is 0 Å². The summed E-state index contributed by atoms with van der Waals surface area (Å²) in [4.78, 5) is 23.9. The largest absolute Gasteiger partial charge is 0.459 e. The molecule has 0 unspecified atom stereocenters. The fourth-order valence-electron chi connectivity index (χ4n) is 2.62. The molecule has 0 radical (unpaired) electrons. The summed E-state index contributed by atoms with van der Waals surface area (Å²) in [7, 11) is 0. The average molecular weight is 386 g/mol. The van der Waals surface area contributed by atoms with Crippen molar-refractivity contribution < 1.29 is 28.2 Å². The zero-order valence-electron chi connectivity index (χ0n) is 15.5. The summed E-state index contributed by atoms with van der Waals surface area (Å²) >= 11 is 0. The lowest BCUT2D eigenvalue weighted by Crippen LogP contribution is -2.27. The van der Waals surface area contributed by atoms with E-state index >= 15 is 0 Å². The molecule has 0 saturated carbocycles. The van der Waals surface area contributed by atoms with E-state index in [9.17, 15) is 19.2 Å². The Morgan fingerprint density at radius 2 is 2.04 bits per heavy atom. The molecule has 1 aromatic rings. The fourth-order valence-corrected chi connectivity index (χ4v) is 2.62. The van der Waals surface area contributed by atoms with Crippen molar-refractivity contribution in [2.45, 2.75) is 19.8 Å². The van der Waals surface area contributed by atoms with Crippen molar-refractivity contribution in [2.24, 2.45) is 5.73 Å². The Bertz CT molecular complexity index is 927. The quantitative estimate of drug-likeness (QED) is 0.454. The maximum Gasteiger partial charge on any atom is 0.340 e. The molecular formula is C20H19FN2O5. The highest BCUT2D eigenvalue weighted by atomic mass is 19.1. The number of nitrogens with zero attached hydrogens (tertiary/aromatic N) is 1. The first-order valence-corrected chi connectivity index (χ1v) is 8.29. The van der Waals surface area contributed by atoms with Gasteiger partial charge in [0.05, 0.1) is 17.6 Å². The molecular weight excluding hydrogens is 367 g/mol. The van der Waals surface area contributed by atoms with Crippen molar-refractivity contribution in [3.05, 3.63) is 70.6 Å². The molecule has 8 heteroatoms. The van der Waals surface area contributed by atoms with E-state index in [2.05, 4.69) is 6.58 Å². The molecule has 146 valence electrons. The highest BCUT2D eigenvalue weighted by Gasteiger charge is 2.36. The predicted molar refractivity (Wildman–Crippen MR) is 96.5 cm³/mol. The van der Waals surface area contributed by atoms with Crippen LogP contribution in [0, 0.1) is 17.1 Å². The van der Waals surface area contributed by atoms with Gasteiger partial charge in [0.2, 0.25) is 5.88 Å². The number of rotatable bonds is 6. The number of hydrogen-bond acceptors (Lipinski definition) is 7. The number of nitrogens with two attached hydrogens (primary N) is 1. The van der Waals surface area contributed by atoms with Crippen molar-refractivity contribution in [2.75, 3.05) is 13.2 Å². The fraction of sp³-hybridized carbons (Fsp3) is 0.250. The average Bonchev–Trinajstić information content (AvgIpc) is 2.64. The van der Waals surface area contributed by atoms with Gasteiger partial charge in [-0.15, -0.1) is 0 Å². The number of esters is 2. The van der Waals surface area contributed by atoms with E-state index in [4.69, 9.17) is 19.9 Å². The van der Waals surface area contributed by atoms with E-state index in [0.29, 0.717) is 5.56 Å². The number of halogens is 1. The minimum absolute atomic E-state index is 0.112. The second-order valence-electron chi connectivity index (χ2n) is 6.00. The van der Waals surface area contributed by atoms with E-state index in [0.717, 1.165) is 0 Å². The van der Waals surface area contributed by atoms with Crippen LogP contribution in [0.25, 0.3) is 0 Å². The number of benzene rings is 1. The van der Waals surface area contributed by atoms with Crippen LogP contribution in [-0.4, -0.2) is 25.2 Å². The Kier molecular flexibility index (Phi) is 6.55. The molecule has 0 bridgehead atoms. The Labute approximate surface area is 161 Å². The summed E-state index contributed by atoms with van der Waals surface area (Å²) in [6.07, 6.45) is 0. The molecule has 2 rings (SSSR count). The van der Waals surface area contributed by atoms with Crippen LogP contribution in [0.1, 0.15) is 25.3 Å². The monoisotopic (exact) mass is 386 g/mol. The number of nitriles is 1. The Hall–Kier alpha value is -3.60. The normalized spacial score (nSPS) is 16.1. The Morgan fingerprint density at radius 1 is 1.36 bits per heavy atom. The topological polar surface area (TPSA) is 112 Å². The lowest BCUT2D eigenvalue weighted by molar-refractivity contribution is -0.147. The van der Waals surface area contributed by atoms with Crippen LogP contribution in [0.15, 0.2) is 59.2 Å². The minimum atomic E-state index is -0.945. The molecule has 0 aromatic heterocycles. The van der Waals surface area contributed by atoms with Gasteiger partial charge in [0.1, 0.15) is 30.4 Å². The molecule has 1 heterocycles. The first kappa shape index (κ1) is 20.7. The van der Waals surface area contributed by atoms with E-state index in [-0.39, 0.29) is 41.6 Å². The molecule has 0 fully saturated rings. The lowest BCUT2D eigenvalue weighted by Gasteiger charge is -2.26. The van der Waals surface area contributed by atoms with Gasteiger partial charge < -0.3 is 19.9 Å². The smallest absolute Gasteiger partial charge is 0.340 e. The standard InChI is InChI=1S/C20H19FN2O5/c1-11(2)19(24)26-7-8-27-20(25)17-16(13-5-4-6-14(21)9-13)15(10-22)12(3)28-18(17)23/h4-6,9,16H,1,7-8,23H2,2-3H3/t16-/m0/s1. The molecule has 28 heavy (non-hydrogen) atoms. The lowest BCUT2D eigenvalue weighted by atomic mass is 9.83. The molecule has 1 aliphatic rings. The van der Waals surface area contributed by atoms with Crippen molar-refractivity contribution >= 4 is 11.9 Å². The molecule has 7 nitrogen and oxygen atoms in total. The Balaban J connectivity index is 2.25. The van der Waals surface area contributed by atoms with Crippen molar-refractivity contribution in [3.8, 4) is 6.07 Å². The Morgan fingerprint density at radius 3 is 2.64 bits per heavy atom. The van der Waals surface area contributed by atoms with Crippen LogP contribution in [0.5, 0.6) is 0 Å². The number of ether oxygens (including phenoxy) is 3. The second-order valence-corrected chi connectivity index (χ2v) is 6.00. The first-order chi connectivity index (χ1) is 13.3. The molecule has 2 N–H and O–H groups in total. The van der Waals surface area contributed by atoms with Crippen LogP contribution in [0.3, 0.4) is 0 Å². The van der Waals surface area contributed by atoms with Crippen LogP contribution in [0.4, 0.5) is 4.39 Å². The van der Waals surface area contributed by atoms with Gasteiger partial charge in [-0.1, -0.05) is 18.7 Å². The molecule has 1 aromatic carbocycles. The number of carbonyl (C=O) groups excluding carboxylic acids is 2. The summed E-state index contributed by atoms with van der Waals surface area (Å²) in [5.41, 5.74) is 6.42. The molecule has 1 atom stereocenters. The summed E-state index contributed by atoms with van der Waals surface area (Å²) < 4.78 is 29.0. The maximum absolute atomic E-state index is 13.7. The van der Waals surface area contributed by atoms with Crippen LogP contribution < -0.4 is 5.73 Å². The van der Waals surface area contributed by atoms with E-state index in [1.807, 2.05) is 6.07 Å². The van der Waals surface area contributed by atoms with Gasteiger partial charge in [0.25, 0.3) is 0 Å². The number of hydrogen-bond donors (Lipinski definition) is 1. The molecule has 0 aliphatic carbocycles. The van der Waals surface area contributed by atoms with Gasteiger partial charge in [-0.05, 0) is 31.5 Å². The molecule has 0 spiro atoms. The van der Waals surface area contributed by atoms with E-state index < -0.39 is 23.7 Å². The van der Waals surface area contributed by atoms with Crippen LogP contribution in [-0.2, 0) is 23.8 Å². The third-order valence-electron chi connectivity index (χ3n) is 3.91. The SMILES string of the molecule is C=C(C)C(=O)OCCOC(=O)C1=C(N)OC(C)=C(C#N)[C@@H]1c1cccc(F)c1. The van der Waals surface area contributed by atoms with Crippen molar-refractivity contribution in [1.82, 2.24) is 0 Å². The van der Waals surface area contributed by atoms with Crippen molar-refractivity contribution in [3.63, 3.8) is 0 Å². The van der Waals surface area contributed by atoms with Gasteiger partial charge in [-0.25, -0.2) is 14.0 Å². The third-order valence-corrected chi connectivity index (χ3v) is 3.91. The number of carbonyl (C=O) groups is 2. The summed E-state index contributed by atoms with van der Waals surface area (Å²) in [5, 5.41) is 9.51. The molecule has 0 saturated heterocycles. The predicted octanol–water partition coefficient (Wildman–Crippen LogP) is 2.57. The van der Waals surface area contributed by atoms with E-state index in [1.54, 1.807) is 6.07 Å². The van der Waals surface area contributed by atoms with Gasteiger partial charge >= 0.3 is 11.9 Å². The summed E-state index contributed by atoms with van der Waals surface area (Å²) in [6.45, 7) is 6.02. The number of allylic oxidation sites excluding steroid dienone is 2. The highest BCUT2D eigenvalue weighted by Crippen LogP contribution is 2.39. The van der Waals surface area contributed by atoms with Gasteiger partial charge in [-0.3, -0.25) is 0 Å². The zero-order chi connectivity index (χ0) is 20.8. The third kappa shape index (κ3) is 4.57. The van der Waals surface area contributed by atoms with Gasteiger partial charge in [-0.2, -0.15) is 5.26 Å². The molecule has 0 amide bonds. The van der Waals surface area contributed by atoms with Crippen molar-refractivity contribution in [1.29, 1.82) is 5.26 Å². The highest BCUT2D eigenvalue weighted by molar-refractivity contribution is 5.92. The second kappa shape index (κ2) is 8.86. The summed E-state index contributed by atoms with van der Waals surface area (Å²) in [6, 6.07) is 7.45. The maximum atomic E-state index is 13.7. The van der Waals surface area contributed by atoms with Gasteiger partial charge in [0.15, 0.2) is 0 Å². The minimum Gasteiger partial charge on any atom is -0.459 e. The van der Waals surface area contributed by atoms with Crippen LogP contribution in [0.2, 0.25) is 0 Å². The zero-order valence-corrected chi connectivity index (χ0v) is 15.5. The first-order valence-electron chi connectivity index (χ1n) is 8.29.